The van der Waals surface area contributed by atoms with Crippen LogP contribution >= 0.6 is 0 Å². The van der Waals surface area contributed by atoms with Crippen LogP contribution in [0.2, 0.25) is 0 Å². The van der Waals surface area contributed by atoms with E-state index in [-0.39, 0.29) is 19.0 Å². The van der Waals surface area contributed by atoms with E-state index in [0.717, 1.165) is 16.9 Å². The summed E-state index contributed by atoms with van der Waals surface area (Å²) in [6.45, 7) is 4.16. The molecule has 0 spiro atoms. The summed E-state index contributed by atoms with van der Waals surface area (Å²) in [4.78, 5) is 47.5. The van der Waals surface area contributed by atoms with E-state index in [4.69, 9.17) is 4.74 Å². The molecule has 1 aliphatic heterocycles. The number of esters is 1. The van der Waals surface area contributed by atoms with Gasteiger partial charge >= 0.3 is 12.1 Å². The van der Waals surface area contributed by atoms with Crippen LogP contribution in [0.5, 0.6) is 5.75 Å². The maximum Gasteiger partial charge on any atom is 0.412 e. The number of nitrogens with zero attached hydrogens (tertiary/aromatic N) is 1. The van der Waals surface area contributed by atoms with Crippen LogP contribution in [-0.2, 0) is 19.1 Å². The Morgan fingerprint density at radius 3 is 2.52 bits per heavy atom. The zero-order chi connectivity index (χ0) is 21.4. The summed E-state index contributed by atoms with van der Waals surface area (Å²) in [7, 11) is 1.29. The lowest BCUT2D eigenvalue weighted by atomic mass is 9.96. The maximum atomic E-state index is 12.2. The van der Waals surface area contributed by atoms with E-state index in [1.165, 1.54) is 25.3 Å². The lowest BCUT2D eigenvalue weighted by Gasteiger charge is -2.17. The van der Waals surface area contributed by atoms with Crippen molar-refractivity contribution in [2.45, 2.75) is 26.2 Å². The SMILES string of the molecule is CCC(C)c1ccc(/C=C/C(=O)OC)cc1OC(=O)NCCN1C(=O)C=CC1=O. The largest absolute Gasteiger partial charge is 0.466 e. The Morgan fingerprint density at radius 2 is 1.90 bits per heavy atom. The summed E-state index contributed by atoms with van der Waals surface area (Å²) < 4.78 is 10.0. The van der Waals surface area contributed by atoms with E-state index in [9.17, 15) is 19.2 Å². The van der Waals surface area contributed by atoms with Gasteiger partial charge in [-0.3, -0.25) is 14.5 Å². The van der Waals surface area contributed by atoms with Gasteiger partial charge in [0.05, 0.1) is 7.11 Å². The number of imide groups is 1. The van der Waals surface area contributed by atoms with E-state index in [2.05, 4.69) is 10.1 Å². The Hall–Kier alpha value is -3.42. The number of rotatable bonds is 8. The van der Waals surface area contributed by atoms with Gasteiger partial charge < -0.3 is 14.8 Å². The standard InChI is InChI=1S/C21H24N2O6/c1-4-14(2)16-7-5-15(6-10-20(26)28-3)13-17(16)29-21(27)22-11-12-23-18(24)8-9-19(23)25/h5-10,13-14H,4,11-12H2,1-3H3,(H,22,27)/b10-6+. The summed E-state index contributed by atoms with van der Waals surface area (Å²) in [5.41, 5.74) is 1.52. The van der Waals surface area contributed by atoms with Gasteiger partial charge in [-0.05, 0) is 35.6 Å². The molecule has 1 N–H and O–H groups in total. The van der Waals surface area contributed by atoms with Crippen molar-refractivity contribution in [3.8, 4) is 5.75 Å². The molecule has 1 aromatic rings. The van der Waals surface area contributed by atoms with Crippen molar-refractivity contribution in [3.63, 3.8) is 0 Å². The van der Waals surface area contributed by atoms with E-state index in [0.29, 0.717) is 11.3 Å². The third-order valence-corrected chi connectivity index (χ3v) is 4.50. The normalized spacial score (nSPS) is 14.4. The van der Waals surface area contributed by atoms with Crippen molar-refractivity contribution in [3.05, 3.63) is 47.6 Å². The van der Waals surface area contributed by atoms with Crippen LogP contribution in [0.4, 0.5) is 4.79 Å². The number of methoxy groups -OCH3 is 1. The number of carbonyl (C=O) groups is 4. The molecule has 0 aromatic heterocycles. The number of nitrogens with one attached hydrogen (secondary N) is 1. The van der Waals surface area contributed by atoms with Crippen molar-refractivity contribution in [1.82, 2.24) is 10.2 Å². The van der Waals surface area contributed by atoms with Crippen molar-refractivity contribution in [2.75, 3.05) is 20.2 Å². The summed E-state index contributed by atoms with van der Waals surface area (Å²) in [6, 6.07) is 5.34. The van der Waals surface area contributed by atoms with Crippen molar-refractivity contribution in [2.24, 2.45) is 0 Å². The molecular formula is C21H24N2O6. The molecule has 8 nitrogen and oxygen atoms in total. The van der Waals surface area contributed by atoms with E-state index >= 15 is 0 Å². The van der Waals surface area contributed by atoms with Crippen LogP contribution in [-0.4, -0.2) is 49.0 Å². The molecule has 2 rings (SSSR count). The zero-order valence-corrected chi connectivity index (χ0v) is 16.6. The maximum absolute atomic E-state index is 12.2. The Morgan fingerprint density at radius 1 is 1.21 bits per heavy atom. The highest BCUT2D eigenvalue weighted by Gasteiger charge is 2.23. The Kier molecular flexibility index (Phi) is 7.70. The topological polar surface area (TPSA) is 102 Å². The van der Waals surface area contributed by atoms with Gasteiger partial charge in [-0.1, -0.05) is 26.0 Å². The van der Waals surface area contributed by atoms with Crippen LogP contribution in [0.3, 0.4) is 0 Å². The van der Waals surface area contributed by atoms with E-state index in [1.807, 2.05) is 26.0 Å². The molecule has 0 radical (unpaired) electrons. The molecule has 0 fully saturated rings. The second kappa shape index (κ2) is 10.2. The van der Waals surface area contributed by atoms with Gasteiger partial charge in [-0.25, -0.2) is 9.59 Å². The quantitative estimate of drug-likeness (QED) is 0.408. The number of hydrogen-bond donors (Lipinski definition) is 1. The third-order valence-electron chi connectivity index (χ3n) is 4.50. The number of carbonyl (C=O) groups excluding carboxylic acids is 4. The Bertz CT molecular complexity index is 841. The predicted octanol–water partition coefficient (Wildman–Crippen LogP) is 2.40. The zero-order valence-electron chi connectivity index (χ0n) is 16.6. The average Bonchev–Trinajstić information content (AvgIpc) is 3.03. The second-order valence-corrected chi connectivity index (χ2v) is 6.44. The van der Waals surface area contributed by atoms with Crippen LogP contribution in [0.15, 0.2) is 36.4 Å². The van der Waals surface area contributed by atoms with Crippen LogP contribution in [0.25, 0.3) is 6.08 Å². The summed E-state index contributed by atoms with van der Waals surface area (Å²) in [5, 5.41) is 2.53. The molecular weight excluding hydrogens is 376 g/mol. The fourth-order valence-electron chi connectivity index (χ4n) is 2.66. The minimum absolute atomic E-state index is 0.0554. The second-order valence-electron chi connectivity index (χ2n) is 6.44. The monoisotopic (exact) mass is 400 g/mol. The van der Waals surface area contributed by atoms with E-state index < -0.39 is 23.9 Å². The first-order chi connectivity index (χ1) is 13.8. The van der Waals surface area contributed by atoms with Gasteiger partial charge in [0.15, 0.2) is 0 Å². The first-order valence-electron chi connectivity index (χ1n) is 9.24. The minimum Gasteiger partial charge on any atom is -0.466 e. The molecule has 1 aliphatic rings. The van der Waals surface area contributed by atoms with Crippen LogP contribution in [0, 0.1) is 0 Å². The summed E-state index contributed by atoms with van der Waals surface area (Å²) >= 11 is 0. The molecule has 29 heavy (non-hydrogen) atoms. The van der Waals surface area contributed by atoms with E-state index in [1.54, 1.807) is 12.1 Å². The lowest BCUT2D eigenvalue weighted by Crippen LogP contribution is -2.39. The molecule has 0 aliphatic carbocycles. The first-order valence-corrected chi connectivity index (χ1v) is 9.24. The molecule has 1 aromatic carbocycles. The highest BCUT2D eigenvalue weighted by molar-refractivity contribution is 6.12. The van der Waals surface area contributed by atoms with Crippen LogP contribution in [0.1, 0.15) is 37.3 Å². The first kappa shape index (κ1) is 21.9. The molecule has 1 heterocycles. The van der Waals surface area contributed by atoms with Gasteiger partial charge in [-0.15, -0.1) is 0 Å². The number of benzene rings is 1. The van der Waals surface area contributed by atoms with Crippen molar-refractivity contribution in [1.29, 1.82) is 0 Å². The molecule has 8 heteroatoms. The number of hydrogen-bond acceptors (Lipinski definition) is 6. The molecule has 0 saturated heterocycles. The Balaban J connectivity index is 2.04. The fraction of sp³-hybridized carbons (Fsp3) is 0.333. The molecule has 1 atom stereocenters. The molecule has 3 amide bonds. The minimum atomic E-state index is -0.698. The van der Waals surface area contributed by atoms with Crippen molar-refractivity contribution >= 4 is 30.0 Å². The number of ether oxygens (including phenoxy) is 2. The Labute approximate surface area is 169 Å². The van der Waals surface area contributed by atoms with Gasteiger partial charge in [0.2, 0.25) is 0 Å². The molecule has 0 bridgehead atoms. The predicted molar refractivity (Wildman–Crippen MR) is 106 cm³/mol. The fourth-order valence-corrected chi connectivity index (χ4v) is 2.66. The highest BCUT2D eigenvalue weighted by Crippen LogP contribution is 2.30. The highest BCUT2D eigenvalue weighted by atomic mass is 16.6. The molecule has 154 valence electrons. The van der Waals surface area contributed by atoms with Crippen LogP contribution < -0.4 is 10.1 Å². The molecule has 0 saturated carbocycles. The number of amides is 3. The third kappa shape index (κ3) is 6.03. The summed E-state index contributed by atoms with van der Waals surface area (Å²) in [6.07, 6.45) is 5.37. The van der Waals surface area contributed by atoms with Gasteiger partial charge in [0.25, 0.3) is 11.8 Å². The average molecular weight is 400 g/mol. The van der Waals surface area contributed by atoms with Gasteiger partial charge in [0, 0.05) is 31.3 Å². The van der Waals surface area contributed by atoms with Crippen molar-refractivity contribution < 1.29 is 28.7 Å². The molecule has 1 unspecified atom stereocenters. The van der Waals surface area contributed by atoms with Gasteiger partial charge in [0.1, 0.15) is 5.75 Å². The summed E-state index contributed by atoms with van der Waals surface area (Å²) in [5.74, 6) is -0.776. The smallest absolute Gasteiger partial charge is 0.412 e. The lowest BCUT2D eigenvalue weighted by molar-refractivity contribution is -0.137. The van der Waals surface area contributed by atoms with Gasteiger partial charge in [-0.2, -0.15) is 0 Å².